The minimum absolute atomic E-state index is 0.0163. The molecule has 0 fully saturated rings. The Balaban J connectivity index is 1.49. The monoisotopic (exact) mass is 274 g/mol. The highest BCUT2D eigenvalue weighted by molar-refractivity contribution is 6.36. The predicted octanol–water partition coefficient (Wildman–Crippen LogP) is 0.672. The van der Waals surface area contributed by atoms with Crippen molar-refractivity contribution in [2.24, 2.45) is 5.16 Å². The third kappa shape index (κ3) is 2.24. The Morgan fingerprint density at radius 2 is 2.15 bits per heavy atom. The van der Waals surface area contributed by atoms with Gasteiger partial charge in [-0.3, -0.25) is 4.79 Å². The summed E-state index contributed by atoms with van der Waals surface area (Å²) in [6.45, 7) is 0.540. The highest BCUT2D eigenvalue weighted by Crippen LogP contribution is 2.34. The molecule has 104 valence electrons. The van der Waals surface area contributed by atoms with E-state index in [1.807, 2.05) is 12.1 Å². The maximum Gasteiger partial charge on any atom is 0.353 e. The summed E-state index contributed by atoms with van der Waals surface area (Å²) in [5.74, 6) is -1.13. The van der Waals surface area contributed by atoms with E-state index < -0.39 is 12.1 Å². The molecule has 1 amide bonds. The van der Waals surface area contributed by atoms with E-state index in [9.17, 15) is 9.59 Å². The van der Waals surface area contributed by atoms with Crippen LogP contribution >= 0.6 is 0 Å². The van der Waals surface area contributed by atoms with E-state index in [0.717, 1.165) is 6.42 Å². The van der Waals surface area contributed by atoms with E-state index in [2.05, 4.69) is 22.6 Å². The lowest BCUT2D eigenvalue weighted by Crippen LogP contribution is -2.39. The molecule has 20 heavy (non-hydrogen) atoms. The van der Waals surface area contributed by atoms with Crippen molar-refractivity contribution in [1.29, 1.82) is 0 Å². The Hall–Kier alpha value is -2.37. The maximum absolute atomic E-state index is 11.9. The molecule has 3 rings (SSSR count). The predicted molar refractivity (Wildman–Crippen MR) is 70.5 cm³/mol. The molecule has 2 N–H and O–H groups in total. The van der Waals surface area contributed by atoms with Crippen LogP contribution in [0.25, 0.3) is 0 Å². The van der Waals surface area contributed by atoms with Gasteiger partial charge in [-0.2, -0.15) is 0 Å². The standard InChI is InChI=1S/C14H14N2O4/c17-13(12-6-11(14(18)19)16-20-12)15-7-9-5-8-3-1-2-4-10(8)9/h1-4,9,12H,5-7H2,(H,15,17)(H,18,19). The average molecular weight is 274 g/mol. The van der Waals surface area contributed by atoms with Gasteiger partial charge in [0.2, 0.25) is 6.10 Å². The molecule has 1 aliphatic carbocycles. The minimum Gasteiger partial charge on any atom is -0.477 e. The summed E-state index contributed by atoms with van der Waals surface area (Å²) in [7, 11) is 0. The van der Waals surface area contributed by atoms with Gasteiger partial charge in [0, 0.05) is 18.9 Å². The molecular weight excluding hydrogens is 260 g/mol. The van der Waals surface area contributed by atoms with Crippen LogP contribution in [0.2, 0.25) is 0 Å². The van der Waals surface area contributed by atoms with Crippen LogP contribution < -0.4 is 5.32 Å². The maximum atomic E-state index is 11.9. The smallest absolute Gasteiger partial charge is 0.353 e. The molecule has 1 aromatic carbocycles. The van der Waals surface area contributed by atoms with Crippen molar-refractivity contribution in [3.63, 3.8) is 0 Å². The third-order valence-corrected chi connectivity index (χ3v) is 3.69. The first-order valence-electron chi connectivity index (χ1n) is 6.46. The van der Waals surface area contributed by atoms with Crippen LogP contribution in [0, 0.1) is 0 Å². The lowest BCUT2D eigenvalue weighted by molar-refractivity contribution is -0.131. The normalized spacial score (nSPS) is 23.1. The first kappa shape index (κ1) is 12.7. The molecule has 1 aromatic rings. The number of carboxylic acids is 1. The zero-order valence-corrected chi connectivity index (χ0v) is 10.7. The van der Waals surface area contributed by atoms with Crippen molar-refractivity contribution >= 4 is 17.6 Å². The second-order valence-electron chi connectivity index (χ2n) is 4.99. The van der Waals surface area contributed by atoms with E-state index in [4.69, 9.17) is 9.94 Å². The van der Waals surface area contributed by atoms with E-state index in [1.54, 1.807) is 0 Å². The number of hydrogen-bond donors (Lipinski definition) is 2. The number of nitrogens with zero attached hydrogens (tertiary/aromatic N) is 1. The van der Waals surface area contributed by atoms with Crippen LogP contribution in [0.1, 0.15) is 23.5 Å². The Labute approximate surface area is 115 Å². The largest absolute Gasteiger partial charge is 0.477 e. The summed E-state index contributed by atoms with van der Waals surface area (Å²) in [6.07, 6.45) is 0.151. The molecule has 6 nitrogen and oxygen atoms in total. The lowest BCUT2D eigenvalue weighted by Gasteiger charge is -2.30. The highest BCUT2D eigenvalue weighted by atomic mass is 16.6. The molecule has 0 bridgehead atoms. The van der Waals surface area contributed by atoms with Crippen molar-refractivity contribution in [1.82, 2.24) is 5.32 Å². The van der Waals surface area contributed by atoms with Gasteiger partial charge >= 0.3 is 5.97 Å². The number of amides is 1. The number of carbonyl (C=O) groups excluding carboxylic acids is 1. The number of nitrogens with one attached hydrogen (secondary N) is 1. The van der Waals surface area contributed by atoms with Gasteiger partial charge in [0.15, 0.2) is 5.71 Å². The zero-order valence-electron chi connectivity index (χ0n) is 10.7. The number of fused-ring (bicyclic) bond motifs is 1. The van der Waals surface area contributed by atoms with Crippen LogP contribution in [-0.2, 0) is 20.8 Å². The number of rotatable bonds is 4. The van der Waals surface area contributed by atoms with Crippen molar-refractivity contribution in [3.05, 3.63) is 35.4 Å². The second-order valence-corrected chi connectivity index (χ2v) is 4.99. The Morgan fingerprint density at radius 3 is 2.85 bits per heavy atom. The van der Waals surface area contributed by atoms with Gasteiger partial charge in [-0.1, -0.05) is 29.4 Å². The van der Waals surface area contributed by atoms with Crippen molar-refractivity contribution < 1.29 is 19.5 Å². The topological polar surface area (TPSA) is 88.0 Å². The number of benzene rings is 1. The molecule has 1 heterocycles. The fourth-order valence-electron chi connectivity index (χ4n) is 2.53. The SMILES string of the molecule is O=C(O)C1=NOC(C(=O)NCC2Cc3ccccc32)C1. The molecular formula is C14H14N2O4. The molecule has 2 unspecified atom stereocenters. The molecule has 0 radical (unpaired) electrons. The van der Waals surface area contributed by atoms with E-state index in [1.165, 1.54) is 11.1 Å². The van der Waals surface area contributed by atoms with Crippen LogP contribution in [-0.4, -0.2) is 35.3 Å². The summed E-state index contributed by atoms with van der Waals surface area (Å²) in [6, 6.07) is 8.14. The van der Waals surface area contributed by atoms with E-state index >= 15 is 0 Å². The van der Waals surface area contributed by atoms with Gasteiger partial charge in [0.1, 0.15) is 0 Å². The van der Waals surface area contributed by atoms with Gasteiger partial charge in [-0.25, -0.2) is 4.79 Å². The fourth-order valence-corrected chi connectivity index (χ4v) is 2.53. The van der Waals surface area contributed by atoms with Crippen molar-refractivity contribution in [2.45, 2.75) is 24.9 Å². The van der Waals surface area contributed by atoms with Gasteiger partial charge < -0.3 is 15.3 Å². The van der Waals surface area contributed by atoms with Crippen molar-refractivity contribution in [2.75, 3.05) is 6.54 Å². The summed E-state index contributed by atoms with van der Waals surface area (Å²) in [4.78, 5) is 27.4. The Morgan fingerprint density at radius 1 is 1.35 bits per heavy atom. The quantitative estimate of drug-likeness (QED) is 0.844. The summed E-state index contributed by atoms with van der Waals surface area (Å²) >= 11 is 0. The number of oxime groups is 1. The molecule has 0 saturated heterocycles. The summed E-state index contributed by atoms with van der Waals surface area (Å²) < 4.78 is 0. The molecule has 2 aliphatic rings. The number of carbonyl (C=O) groups is 2. The van der Waals surface area contributed by atoms with Gasteiger partial charge in [0.05, 0.1) is 0 Å². The minimum atomic E-state index is -1.15. The first-order valence-corrected chi connectivity index (χ1v) is 6.46. The van der Waals surface area contributed by atoms with E-state index in [-0.39, 0.29) is 18.0 Å². The van der Waals surface area contributed by atoms with Gasteiger partial charge in [-0.15, -0.1) is 0 Å². The molecule has 0 spiro atoms. The molecule has 1 aliphatic heterocycles. The average Bonchev–Trinajstić information content (AvgIpc) is 2.89. The van der Waals surface area contributed by atoms with E-state index in [0.29, 0.717) is 12.5 Å². The molecule has 0 aromatic heterocycles. The Kier molecular flexibility index (Phi) is 3.14. The van der Waals surface area contributed by atoms with Gasteiger partial charge in [0.25, 0.3) is 5.91 Å². The highest BCUT2D eigenvalue weighted by Gasteiger charge is 2.32. The molecule has 6 heteroatoms. The van der Waals surface area contributed by atoms with Crippen LogP contribution in [0.5, 0.6) is 0 Å². The molecule has 0 saturated carbocycles. The number of aliphatic carboxylic acids is 1. The first-order chi connectivity index (χ1) is 9.65. The number of carboxylic acid groups (broad SMARTS) is 1. The van der Waals surface area contributed by atoms with Crippen LogP contribution in [0.4, 0.5) is 0 Å². The summed E-state index contributed by atoms with van der Waals surface area (Å²) in [5, 5.41) is 14.9. The fraction of sp³-hybridized carbons (Fsp3) is 0.357. The van der Waals surface area contributed by atoms with Crippen LogP contribution in [0.15, 0.2) is 29.4 Å². The Bertz CT molecular complexity index is 597. The number of hydrogen-bond acceptors (Lipinski definition) is 4. The van der Waals surface area contributed by atoms with Crippen molar-refractivity contribution in [3.8, 4) is 0 Å². The second kappa shape index (κ2) is 4.96. The van der Waals surface area contributed by atoms with Gasteiger partial charge in [-0.05, 0) is 17.5 Å². The lowest BCUT2D eigenvalue weighted by atomic mass is 9.77. The third-order valence-electron chi connectivity index (χ3n) is 3.69. The molecule has 2 atom stereocenters. The van der Waals surface area contributed by atoms with Crippen LogP contribution in [0.3, 0.4) is 0 Å². The summed E-state index contributed by atoms with van der Waals surface area (Å²) in [5.41, 5.74) is 2.47. The zero-order chi connectivity index (χ0) is 14.1.